The fraction of sp³-hybridized carbons (Fsp3) is 0.444. The summed E-state index contributed by atoms with van der Waals surface area (Å²) in [5.74, 6) is 1.17. The zero-order valence-electron chi connectivity index (χ0n) is 14.1. The average molecular weight is 378 g/mol. The van der Waals surface area contributed by atoms with Crippen LogP contribution in [-0.4, -0.2) is 27.6 Å². The van der Waals surface area contributed by atoms with Gasteiger partial charge in [0.2, 0.25) is 0 Å². The van der Waals surface area contributed by atoms with Gasteiger partial charge in [0.25, 0.3) is 0 Å². The van der Waals surface area contributed by atoms with Crippen LogP contribution in [0.3, 0.4) is 0 Å². The van der Waals surface area contributed by atoms with Crippen LogP contribution in [0, 0.1) is 0 Å². The molecule has 5 nitrogen and oxygen atoms in total. The van der Waals surface area contributed by atoms with E-state index >= 15 is 0 Å². The monoisotopic (exact) mass is 377 g/mol. The molecule has 1 aromatic carbocycles. The number of hydrogen-bond donors (Lipinski definition) is 2. The molecule has 132 valence electrons. The molecule has 4 rings (SSSR count). The molecule has 1 unspecified atom stereocenters. The molecule has 2 heterocycles. The summed E-state index contributed by atoms with van der Waals surface area (Å²) in [5, 5.41) is 0.910. The first-order chi connectivity index (χ1) is 11.8. The van der Waals surface area contributed by atoms with Gasteiger partial charge < -0.3 is 16.4 Å². The van der Waals surface area contributed by atoms with Crippen LogP contribution in [0.4, 0.5) is 11.6 Å². The summed E-state index contributed by atoms with van der Waals surface area (Å²) in [5.41, 5.74) is 13.9. The van der Waals surface area contributed by atoms with Gasteiger partial charge in [-0.05, 0) is 38.7 Å². The molecule has 1 aromatic heterocycles. The van der Waals surface area contributed by atoms with E-state index in [2.05, 4.69) is 21.8 Å². The lowest BCUT2D eigenvalue weighted by atomic mass is 9.84. The van der Waals surface area contributed by atoms with E-state index in [1.165, 1.54) is 0 Å². The van der Waals surface area contributed by atoms with E-state index in [0.717, 1.165) is 38.0 Å². The van der Waals surface area contributed by atoms with E-state index in [4.69, 9.17) is 34.7 Å². The molecular formula is C18H21Cl2N5. The highest BCUT2D eigenvalue weighted by Crippen LogP contribution is 2.51. The Labute approximate surface area is 157 Å². The van der Waals surface area contributed by atoms with Crippen LogP contribution in [0.15, 0.2) is 24.4 Å². The average Bonchev–Trinajstić information content (AvgIpc) is 3.29. The molecule has 0 bridgehead atoms. The number of hydrogen-bond acceptors (Lipinski definition) is 5. The first-order valence-electron chi connectivity index (χ1n) is 8.45. The quantitative estimate of drug-likeness (QED) is 0.829. The lowest BCUT2D eigenvalue weighted by molar-refractivity contribution is 0.295. The van der Waals surface area contributed by atoms with E-state index in [1.54, 1.807) is 12.3 Å². The smallest absolute Gasteiger partial charge is 0.152 e. The van der Waals surface area contributed by atoms with Crippen LogP contribution in [0.25, 0.3) is 11.3 Å². The van der Waals surface area contributed by atoms with Gasteiger partial charge in [-0.15, -0.1) is 0 Å². The zero-order chi connectivity index (χ0) is 17.8. The van der Waals surface area contributed by atoms with Gasteiger partial charge in [-0.25, -0.2) is 9.97 Å². The van der Waals surface area contributed by atoms with Crippen molar-refractivity contribution < 1.29 is 0 Å². The van der Waals surface area contributed by atoms with E-state index in [1.807, 2.05) is 12.1 Å². The number of nitrogens with zero attached hydrogens (tertiary/aromatic N) is 3. The van der Waals surface area contributed by atoms with Crippen molar-refractivity contribution in [2.75, 3.05) is 17.2 Å². The Morgan fingerprint density at radius 2 is 1.96 bits per heavy atom. The number of halogens is 2. The highest BCUT2D eigenvalue weighted by Gasteiger charge is 2.54. The maximum atomic E-state index is 6.38. The Bertz CT molecular complexity index is 832. The number of benzene rings is 1. The summed E-state index contributed by atoms with van der Waals surface area (Å²) in [6.45, 7) is 3.01. The molecule has 4 N–H and O–H groups in total. The second-order valence-electron chi connectivity index (χ2n) is 7.52. The fourth-order valence-electron chi connectivity index (χ4n) is 3.91. The van der Waals surface area contributed by atoms with Gasteiger partial charge in [0.15, 0.2) is 5.82 Å². The Morgan fingerprint density at radius 3 is 2.64 bits per heavy atom. The molecule has 2 aliphatic rings. The Balaban J connectivity index is 1.68. The van der Waals surface area contributed by atoms with Crippen molar-refractivity contribution in [2.45, 2.75) is 43.7 Å². The third-order valence-electron chi connectivity index (χ3n) is 5.31. The van der Waals surface area contributed by atoms with Gasteiger partial charge in [-0.2, -0.15) is 0 Å². The number of aromatic nitrogens is 2. The number of piperidine rings is 1. The predicted molar refractivity (Wildman–Crippen MR) is 103 cm³/mol. The molecule has 7 heteroatoms. The van der Waals surface area contributed by atoms with Crippen LogP contribution in [0.1, 0.15) is 32.6 Å². The fourth-order valence-corrected chi connectivity index (χ4v) is 4.30. The summed E-state index contributed by atoms with van der Waals surface area (Å²) in [6, 6.07) is 5.40. The summed E-state index contributed by atoms with van der Waals surface area (Å²) in [4.78, 5) is 11.5. The predicted octanol–water partition coefficient (Wildman–Crippen LogP) is 3.88. The van der Waals surface area contributed by atoms with Crippen molar-refractivity contribution in [3.8, 4) is 11.3 Å². The molecule has 0 amide bonds. The van der Waals surface area contributed by atoms with Crippen molar-refractivity contribution in [2.24, 2.45) is 5.73 Å². The third-order valence-corrected chi connectivity index (χ3v) is 6.13. The SMILES string of the molecule is CC1(N)CCN(c2cnc(-c3cccc(Cl)c3Cl)c(N)n2)C2(CC2)C1. The maximum Gasteiger partial charge on any atom is 0.152 e. The molecule has 1 aliphatic carbocycles. The normalized spacial score (nSPS) is 24.6. The molecule has 1 atom stereocenters. The number of rotatable bonds is 2. The molecule has 2 aromatic rings. The Morgan fingerprint density at radius 1 is 1.20 bits per heavy atom. The molecular weight excluding hydrogens is 357 g/mol. The van der Waals surface area contributed by atoms with Gasteiger partial charge in [-0.3, -0.25) is 0 Å². The van der Waals surface area contributed by atoms with Crippen molar-refractivity contribution in [1.82, 2.24) is 9.97 Å². The van der Waals surface area contributed by atoms with E-state index in [9.17, 15) is 0 Å². The molecule has 1 spiro atoms. The van der Waals surface area contributed by atoms with Crippen LogP contribution >= 0.6 is 23.2 Å². The highest BCUT2D eigenvalue weighted by molar-refractivity contribution is 6.43. The van der Waals surface area contributed by atoms with E-state index < -0.39 is 0 Å². The van der Waals surface area contributed by atoms with E-state index in [-0.39, 0.29) is 11.1 Å². The Kier molecular flexibility index (Phi) is 3.87. The maximum absolute atomic E-state index is 6.38. The second-order valence-corrected chi connectivity index (χ2v) is 8.31. The topological polar surface area (TPSA) is 81.1 Å². The van der Waals surface area contributed by atoms with Crippen LogP contribution in [-0.2, 0) is 0 Å². The largest absolute Gasteiger partial charge is 0.382 e. The first-order valence-corrected chi connectivity index (χ1v) is 9.20. The van der Waals surface area contributed by atoms with Gasteiger partial charge in [0.1, 0.15) is 11.5 Å². The standard InChI is InChI=1S/C18H21Cl2N5/c1-17(22)7-8-25(18(10-17)5-6-18)13-9-23-15(16(21)24-13)11-3-2-4-12(19)14(11)20/h2-4,9H,5-8,10,22H2,1H3,(H2,21,24). The minimum absolute atomic E-state index is 0.111. The summed E-state index contributed by atoms with van der Waals surface area (Å²) < 4.78 is 0. The highest BCUT2D eigenvalue weighted by atomic mass is 35.5. The van der Waals surface area contributed by atoms with Crippen molar-refractivity contribution in [3.63, 3.8) is 0 Å². The van der Waals surface area contributed by atoms with Gasteiger partial charge >= 0.3 is 0 Å². The van der Waals surface area contributed by atoms with Crippen molar-refractivity contribution >= 4 is 34.8 Å². The van der Waals surface area contributed by atoms with Crippen LogP contribution < -0.4 is 16.4 Å². The zero-order valence-corrected chi connectivity index (χ0v) is 15.6. The minimum Gasteiger partial charge on any atom is -0.382 e. The third kappa shape index (κ3) is 2.94. The van der Waals surface area contributed by atoms with Gasteiger partial charge in [0, 0.05) is 23.2 Å². The lowest BCUT2D eigenvalue weighted by Crippen LogP contribution is -2.55. The number of anilines is 2. The molecule has 1 saturated heterocycles. The number of nitrogen functional groups attached to an aromatic ring is 1. The van der Waals surface area contributed by atoms with Crippen LogP contribution in [0.5, 0.6) is 0 Å². The van der Waals surface area contributed by atoms with Crippen molar-refractivity contribution in [3.05, 3.63) is 34.4 Å². The summed E-state index contributed by atoms with van der Waals surface area (Å²) in [6.07, 6.45) is 5.97. The minimum atomic E-state index is -0.111. The number of nitrogens with two attached hydrogens (primary N) is 2. The summed E-state index contributed by atoms with van der Waals surface area (Å²) in [7, 11) is 0. The van der Waals surface area contributed by atoms with Gasteiger partial charge in [-0.1, -0.05) is 35.3 Å². The molecule has 0 radical (unpaired) electrons. The molecule has 25 heavy (non-hydrogen) atoms. The van der Waals surface area contributed by atoms with Crippen LogP contribution in [0.2, 0.25) is 10.0 Å². The lowest BCUT2D eigenvalue weighted by Gasteiger charge is -2.44. The molecule has 1 saturated carbocycles. The second kappa shape index (κ2) is 5.73. The first kappa shape index (κ1) is 16.9. The van der Waals surface area contributed by atoms with Crippen molar-refractivity contribution in [1.29, 1.82) is 0 Å². The Hall–Kier alpha value is -1.56. The summed E-state index contributed by atoms with van der Waals surface area (Å²) >= 11 is 12.4. The molecule has 2 fully saturated rings. The van der Waals surface area contributed by atoms with Gasteiger partial charge in [0.05, 0.1) is 16.2 Å². The van der Waals surface area contributed by atoms with E-state index in [0.29, 0.717) is 27.1 Å². The molecule has 1 aliphatic heterocycles.